The van der Waals surface area contributed by atoms with Crippen molar-refractivity contribution in [3.8, 4) is 5.75 Å². The van der Waals surface area contributed by atoms with Crippen LogP contribution in [0.1, 0.15) is 25.3 Å². The van der Waals surface area contributed by atoms with E-state index >= 15 is 0 Å². The van der Waals surface area contributed by atoms with E-state index < -0.39 is 11.4 Å². The summed E-state index contributed by atoms with van der Waals surface area (Å²) in [5.41, 5.74) is 6.68. The number of nitrogens with one attached hydrogen (secondary N) is 1. The molecule has 1 unspecified atom stereocenters. The number of rotatable bonds is 6. The maximum absolute atomic E-state index is 14.4. The molecule has 0 bridgehead atoms. The van der Waals surface area contributed by atoms with Crippen molar-refractivity contribution >= 4 is 39.9 Å². The normalized spacial score (nSPS) is 19.0. The Labute approximate surface area is 184 Å². The fraction of sp³-hybridized carbons (Fsp3) is 0.318. The first-order valence-corrected chi connectivity index (χ1v) is 10.3. The van der Waals surface area contributed by atoms with Crippen LogP contribution in [0, 0.1) is 5.82 Å². The van der Waals surface area contributed by atoms with Crippen LogP contribution in [0.5, 0.6) is 5.75 Å². The van der Waals surface area contributed by atoms with Crippen LogP contribution >= 0.6 is 11.6 Å². The molecule has 1 amide bonds. The van der Waals surface area contributed by atoms with Crippen LogP contribution in [0.15, 0.2) is 36.7 Å². The second-order valence-corrected chi connectivity index (χ2v) is 8.20. The van der Waals surface area contributed by atoms with Gasteiger partial charge in [-0.2, -0.15) is 0 Å². The van der Waals surface area contributed by atoms with E-state index in [0.29, 0.717) is 35.4 Å². The molecule has 0 saturated carbocycles. The number of aromatic nitrogens is 2. The lowest BCUT2D eigenvalue weighted by atomic mass is 9.97. The molecule has 1 aromatic heterocycles. The summed E-state index contributed by atoms with van der Waals surface area (Å²) in [6.45, 7) is 3.09. The van der Waals surface area contributed by atoms with Crippen molar-refractivity contribution in [1.82, 2.24) is 14.9 Å². The third-order valence-corrected chi connectivity index (χ3v) is 6.22. The molecule has 2 heterocycles. The Balaban J connectivity index is 1.75. The molecule has 1 atom stereocenters. The van der Waals surface area contributed by atoms with E-state index in [1.165, 1.54) is 12.4 Å². The van der Waals surface area contributed by atoms with E-state index in [9.17, 15) is 9.18 Å². The van der Waals surface area contributed by atoms with Gasteiger partial charge in [-0.05, 0) is 44.5 Å². The van der Waals surface area contributed by atoms with Crippen LogP contribution in [0.25, 0.3) is 10.9 Å². The standard InChI is InChI=1S/C22H23ClFN5O2/c1-22(21(25)30)7-4-8-29(22)11-13-9-14-17(10-18(13)31-2)26-12-27-20(14)28-16-6-3-5-15(23)19(16)24/h3,5-6,9-10,12H,4,7-8,11H2,1-2H3,(H2,25,30)(H,26,27,28). The van der Waals surface area contributed by atoms with Crippen molar-refractivity contribution in [3.63, 3.8) is 0 Å². The van der Waals surface area contributed by atoms with Crippen LogP contribution in [0.2, 0.25) is 5.02 Å². The summed E-state index contributed by atoms with van der Waals surface area (Å²) in [6.07, 6.45) is 3.00. The van der Waals surface area contributed by atoms with Crippen LogP contribution in [-0.4, -0.2) is 40.0 Å². The van der Waals surface area contributed by atoms with Crippen molar-refractivity contribution in [2.45, 2.75) is 31.8 Å². The minimum atomic E-state index is -0.710. The zero-order chi connectivity index (χ0) is 22.2. The molecule has 3 aromatic rings. The number of likely N-dealkylation sites (tertiary alicyclic amines) is 1. The number of benzene rings is 2. The summed E-state index contributed by atoms with van der Waals surface area (Å²) < 4.78 is 20.0. The summed E-state index contributed by atoms with van der Waals surface area (Å²) in [5, 5.41) is 3.72. The third kappa shape index (κ3) is 3.88. The number of nitrogens with zero attached hydrogens (tertiary/aromatic N) is 3. The van der Waals surface area contributed by atoms with Gasteiger partial charge in [0.15, 0.2) is 5.82 Å². The third-order valence-electron chi connectivity index (χ3n) is 5.92. The van der Waals surface area contributed by atoms with Crippen molar-refractivity contribution in [2.75, 3.05) is 19.0 Å². The van der Waals surface area contributed by atoms with Gasteiger partial charge in [-0.25, -0.2) is 14.4 Å². The minimum absolute atomic E-state index is 0.0190. The molecule has 1 aliphatic rings. The second kappa shape index (κ2) is 8.28. The Morgan fingerprint density at radius 3 is 2.94 bits per heavy atom. The van der Waals surface area contributed by atoms with Crippen LogP contribution in [-0.2, 0) is 11.3 Å². The van der Waals surface area contributed by atoms with Gasteiger partial charge in [-0.1, -0.05) is 17.7 Å². The van der Waals surface area contributed by atoms with Crippen molar-refractivity contribution in [2.24, 2.45) is 5.73 Å². The zero-order valence-corrected chi connectivity index (χ0v) is 18.0. The van der Waals surface area contributed by atoms with Gasteiger partial charge in [0.25, 0.3) is 0 Å². The first-order chi connectivity index (χ1) is 14.8. The van der Waals surface area contributed by atoms with Gasteiger partial charge in [-0.3, -0.25) is 9.69 Å². The number of amides is 1. The number of anilines is 2. The fourth-order valence-electron chi connectivity index (χ4n) is 4.03. The molecule has 1 fully saturated rings. The summed E-state index contributed by atoms with van der Waals surface area (Å²) in [7, 11) is 1.59. The number of carbonyl (C=O) groups excluding carboxylic acids is 1. The van der Waals surface area contributed by atoms with Crippen molar-refractivity contribution in [1.29, 1.82) is 0 Å². The van der Waals surface area contributed by atoms with E-state index in [4.69, 9.17) is 22.1 Å². The molecule has 4 rings (SSSR count). The predicted octanol–water partition coefficient (Wildman–Crippen LogP) is 4.01. The van der Waals surface area contributed by atoms with E-state index in [1.54, 1.807) is 19.2 Å². The summed E-state index contributed by atoms with van der Waals surface area (Å²) in [4.78, 5) is 22.8. The Bertz CT molecular complexity index is 1160. The fourth-order valence-corrected chi connectivity index (χ4v) is 4.20. The zero-order valence-electron chi connectivity index (χ0n) is 17.3. The summed E-state index contributed by atoms with van der Waals surface area (Å²) in [6, 6.07) is 8.43. The van der Waals surface area contributed by atoms with Gasteiger partial charge >= 0.3 is 0 Å². The molecule has 1 saturated heterocycles. The van der Waals surface area contributed by atoms with Crippen LogP contribution in [0.3, 0.4) is 0 Å². The molecule has 0 radical (unpaired) electrons. The quantitative estimate of drug-likeness (QED) is 0.597. The van der Waals surface area contributed by atoms with Gasteiger partial charge < -0.3 is 15.8 Å². The van der Waals surface area contributed by atoms with Crippen LogP contribution < -0.4 is 15.8 Å². The van der Waals surface area contributed by atoms with E-state index in [2.05, 4.69) is 20.2 Å². The number of fused-ring (bicyclic) bond motifs is 1. The van der Waals surface area contributed by atoms with Gasteiger partial charge in [0, 0.05) is 23.6 Å². The maximum atomic E-state index is 14.4. The molecule has 7 nitrogen and oxygen atoms in total. The molecule has 31 heavy (non-hydrogen) atoms. The molecular formula is C22H23ClFN5O2. The molecule has 0 aliphatic carbocycles. The first kappa shape index (κ1) is 21.3. The van der Waals surface area contributed by atoms with E-state index in [-0.39, 0.29) is 16.6 Å². The highest BCUT2D eigenvalue weighted by Gasteiger charge is 2.41. The van der Waals surface area contributed by atoms with Gasteiger partial charge in [0.2, 0.25) is 5.91 Å². The van der Waals surface area contributed by atoms with Gasteiger partial charge in [0.05, 0.1) is 28.9 Å². The second-order valence-electron chi connectivity index (χ2n) is 7.79. The highest BCUT2D eigenvalue weighted by atomic mass is 35.5. The van der Waals surface area contributed by atoms with Crippen molar-refractivity contribution < 1.29 is 13.9 Å². The number of carbonyl (C=O) groups is 1. The Morgan fingerprint density at radius 2 is 2.19 bits per heavy atom. The monoisotopic (exact) mass is 443 g/mol. The lowest BCUT2D eigenvalue weighted by Gasteiger charge is -2.32. The Hall–Kier alpha value is -2.97. The molecule has 162 valence electrons. The average molecular weight is 444 g/mol. The number of nitrogens with two attached hydrogens (primary N) is 1. The first-order valence-electron chi connectivity index (χ1n) is 9.91. The molecule has 9 heteroatoms. The summed E-state index contributed by atoms with van der Waals surface area (Å²) in [5.74, 6) is 0.185. The largest absolute Gasteiger partial charge is 0.496 e. The van der Waals surface area contributed by atoms with Crippen molar-refractivity contribution in [3.05, 3.63) is 53.1 Å². The number of ether oxygens (including phenoxy) is 1. The van der Waals surface area contributed by atoms with Gasteiger partial charge in [-0.15, -0.1) is 0 Å². The van der Waals surface area contributed by atoms with Gasteiger partial charge in [0.1, 0.15) is 17.9 Å². The van der Waals surface area contributed by atoms with E-state index in [1.807, 2.05) is 19.1 Å². The molecule has 2 aromatic carbocycles. The lowest BCUT2D eigenvalue weighted by molar-refractivity contribution is -0.127. The molecule has 1 aliphatic heterocycles. The minimum Gasteiger partial charge on any atom is -0.496 e. The Morgan fingerprint density at radius 1 is 1.39 bits per heavy atom. The average Bonchev–Trinajstić information content (AvgIpc) is 3.13. The smallest absolute Gasteiger partial charge is 0.237 e. The number of hydrogen-bond donors (Lipinski definition) is 2. The predicted molar refractivity (Wildman–Crippen MR) is 118 cm³/mol. The number of primary amides is 1. The highest BCUT2D eigenvalue weighted by Crippen LogP contribution is 2.35. The topological polar surface area (TPSA) is 93.4 Å². The molecule has 0 spiro atoms. The molecular weight excluding hydrogens is 421 g/mol. The number of methoxy groups -OCH3 is 1. The Kier molecular flexibility index (Phi) is 5.68. The number of hydrogen-bond acceptors (Lipinski definition) is 6. The SMILES string of the molecule is COc1cc2ncnc(Nc3cccc(Cl)c3F)c2cc1CN1CCCC1(C)C(N)=O. The maximum Gasteiger partial charge on any atom is 0.237 e. The highest BCUT2D eigenvalue weighted by molar-refractivity contribution is 6.31. The lowest BCUT2D eigenvalue weighted by Crippen LogP contribution is -2.51. The molecule has 3 N–H and O–H groups in total. The summed E-state index contributed by atoms with van der Waals surface area (Å²) >= 11 is 5.90. The van der Waals surface area contributed by atoms with Crippen LogP contribution in [0.4, 0.5) is 15.9 Å². The number of halogens is 2. The van der Waals surface area contributed by atoms with E-state index in [0.717, 1.165) is 18.5 Å².